The van der Waals surface area contributed by atoms with E-state index in [1.807, 2.05) is 6.92 Å². The minimum absolute atomic E-state index is 0.0261. The van der Waals surface area contributed by atoms with Gasteiger partial charge in [-0.15, -0.1) is 0 Å². The van der Waals surface area contributed by atoms with Crippen molar-refractivity contribution in [1.29, 1.82) is 0 Å². The van der Waals surface area contributed by atoms with Crippen molar-refractivity contribution in [3.8, 4) is 0 Å². The van der Waals surface area contributed by atoms with Crippen molar-refractivity contribution in [1.82, 2.24) is 5.32 Å². The molecule has 1 aliphatic rings. The molecular weight excluding hydrogens is 219 g/mol. The van der Waals surface area contributed by atoms with Gasteiger partial charge in [0.05, 0.1) is 5.92 Å². The summed E-state index contributed by atoms with van der Waals surface area (Å²) in [5, 5.41) is 3.17. The third-order valence-corrected chi connectivity index (χ3v) is 3.11. The highest BCUT2D eigenvalue weighted by Gasteiger charge is 2.27. The fraction of sp³-hybridized carbons (Fsp3) is 0.462. The summed E-state index contributed by atoms with van der Waals surface area (Å²) in [5.74, 6) is -0.195. The highest BCUT2D eigenvalue weighted by Crippen LogP contribution is 2.20. The van der Waals surface area contributed by atoms with E-state index in [1.165, 1.54) is 12.1 Å². The lowest BCUT2D eigenvalue weighted by Crippen LogP contribution is -2.37. The molecule has 0 bridgehead atoms. The van der Waals surface area contributed by atoms with Crippen molar-refractivity contribution in [3.05, 3.63) is 30.1 Å². The predicted molar refractivity (Wildman–Crippen MR) is 65.4 cm³/mol. The number of benzene rings is 1. The van der Waals surface area contributed by atoms with Gasteiger partial charge < -0.3 is 10.2 Å². The molecule has 0 saturated carbocycles. The van der Waals surface area contributed by atoms with Crippen molar-refractivity contribution in [2.75, 3.05) is 24.5 Å². The molecule has 0 aromatic heterocycles. The Morgan fingerprint density at radius 2 is 2.41 bits per heavy atom. The molecule has 1 atom stereocenters. The number of amides is 1. The molecular formula is C13H17FN2O. The van der Waals surface area contributed by atoms with Crippen molar-refractivity contribution < 1.29 is 9.18 Å². The first-order chi connectivity index (χ1) is 8.22. The van der Waals surface area contributed by atoms with Gasteiger partial charge >= 0.3 is 0 Å². The zero-order valence-electron chi connectivity index (χ0n) is 9.95. The van der Waals surface area contributed by atoms with Crippen LogP contribution in [-0.2, 0) is 4.79 Å². The average Bonchev–Trinajstić information content (AvgIpc) is 2.83. The Morgan fingerprint density at radius 1 is 1.59 bits per heavy atom. The standard InChI is InChI=1S/C13H17FN2O/c1-2-16(12-5-3-4-11(14)8-12)13(17)10-6-7-15-9-10/h3-5,8,10,15H,2,6-7,9H2,1H3. The first kappa shape index (κ1) is 12.0. The molecule has 1 saturated heterocycles. The number of nitrogens with zero attached hydrogens (tertiary/aromatic N) is 1. The third kappa shape index (κ3) is 2.64. The molecule has 3 nitrogen and oxygen atoms in total. The molecule has 0 aliphatic carbocycles. The minimum atomic E-state index is -0.307. The normalized spacial score (nSPS) is 19.3. The van der Waals surface area contributed by atoms with Gasteiger partial charge in [-0.25, -0.2) is 4.39 Å². The summed E-state index contributed by atoms with van der Waals surface area (Å²) >= 11 is 0. The lowest BCUT2D eigenvalue weighted by atomic mass is 10.1. The van der Waals surface area contributed by atoms with Crippen LogP contribution in [0.5, 0.6) is 0 Å². The molecule has 4 heteroatoms. The van der Waals surface area contributed by atoms with Crippen LogP contribution in [0.1, 0.15) is 13.3 Å². The molecule has 0 spiro atoms. The van der Waals surface area contributed by atoms with Gasteiger partial charge in [0.2, 0.25) is 5.91 Å². The number of carbonyl (C=O) groups is 1. The fourth-order valence-electron chi connectivity index (χ4n) is 2.20. The SMILES string of the molecule is CCN(C(=O)C1CCNC1)c1cccc(F)c1. The largest absolute Gasteiger partial charge is 0.316 e. The van der Waals surface area contributed by atoms with Crippen LogP contribution in [0, 0.1) is 11.7 Å². The van der Waals surface area contributed by atoms with Gasteiger partial charge in [-0.1, -0.05) is 6.07 Å². The van der Waals surface area contributed by atoms with Gasteiger partial charge in [0.15, 0.2) is 0 Å². The topological polar surface area (TPSA) is 32.3 Å². The van der Waals surface area contributed by atoms with E-state index in [-0.39, 0.29) is 17.6 Å². The highest BCUT2D eigenvalue weighted by molar-refractivity contribution is 5.95. The average molecular weight is 236 g/mol. The minimum Gasteiger partial charge on any atom is -0.316 e. The van der Waals surface area contributed by atoms with Crippen molar-refractivity contribution in [3.63, 3.8) is 0 Å². The second-order valence-electron chi connectivity index (χ2n) is 4.25. The summed E-state index contributed by atoms with van der Waals surface area (Å²) < 4.78 is 13.2. The Bertz CT molecular complexity index is 402. The summed E-state index contributed by atoms with van der Waals surface area (Å²) in [6.07, 6.45) is 0.866. The highest BCUT2D eigenvalue weighted by atomic mass is 19.1. The maximum atomic E-state index is 13.2. The summed E-state index contributed by atoms with van der Waals surface area (Å²) in [6.45, 7) is 4.09. The van der Waals surface area contributed by atoms with E-state index in [1.54, 1.807) is 17.0 Å². The molecule has 1 unspecified atom stereocenters. The van der Waals surface area contributed by atoms with Crippen LogP contribution in [0.25, 0.3) is 0 Å². The second kappa shape index (κ2) is 5.27. The third-order valence-electron chi connectivity index (χ3n) is 3.11. The summed E-state index contributed by atoms with van der Waals surface area (Å²) in [6, 6.07) is 6.20. The van der Waals surface area contributed by atoms with E-state index in [0.717, 1.165) is 19.5 Å². The Kier molecular flexibility index (Phi) is 3.74. The van der Waals surface area contributed by atoms with Gasteiger partial charge in [0.1, 0.15) is 5.82 Å². The molecule has 1 aromatic rings. The first-order valence-electron chi connectivity index (χ1n) is 6.00. The lowest BCUT2D eigenvalue weighted by molar-refractivity contribution is -0.121. The van der Waals surface area contributed by atoms with Crippen LogP contribution in [-0.4, -0.2) is 25.5 Å². The molecule has 17 heavy (non-hydrogen) atoms. The Hall–Kier alpha value is -1.42. The smallest absolute Gasteiger partial charge is 0.231 e. The van der Waals surface area contributed by atoms with Gasteiger partial charge in [-0.05, 0) is 38.1 Å². The van der Waals surface area contributed by atoms with E-state index in [0.29, 0.717) is 12.2 Å². The monoisotopic (exact) mass is 236 g/mol. The second-order valence-corrected chi connectivity index (χ2v) is 4.25. The molecule has 1 heterocycles. The van der Waals surface area contributed by atoms with Crippen molar-refractivity contribution in [2.24, 2.45) is 5.92 Å². The predicted octanol–water partition coefficient (Wildman–Crippen LogP) is 1.79. The number of hydrogen-bond donors (Lipinski definition) is 1. The van der Waals surface area contributed by atoms with Crippen molar-refractivity contribution >= 4 is 11.6 Å². The van der Waals surface area contributed by atoms with Crippen molar-refractivity contribution in [2.45, 2.75) is 13.3 Å². The van der Waals surface area contributed by atoms with E-state index < -0.39 is 0 Å². The summed E-state index contributed by atoms with van der Waals surface area (Å²) in [7, 11) is 0. The summed E-state index contributed by atoms with van der Waals surface area (Å²) in [5.41, 5.74) is 0.643. The quantitative estimate of drug-likeness (QED) is 0.867. The maximum Gasteiger partial charge on any atom is 0.231 e. The zero-order chi connectivity index (χ0) is 12.3. The first-order valence-corrected chi connectivity index (χ1v) is 6.00. The van der Waals surface area contributed by atoms with E-state index in [4.69, 9.17) is 0 Å². The molecule has 0 radical (unpaired) electrons. The maximum absolute atomic E-state index is 13.2. The number of halogens is 1. The number of hydrogen-bond acceptors (Lipinski definition) is 2. The molecule has 92 valence electrons. The Labute approximate surface area is 101 Å². The number of carbonyl (C=O) groups excluding carboxylic acids is 1. The van der Waals surface area contributed by atoms with Gasteiger partial charge in [-0.2, -0.15) is 0 Å². The van der Waals surface area contributed by atoms with Gasteiger partial charge in [0, 0.05) is 18.8 Å². The number of nitrogens with one attached hydrogen (secondary N) is 1. The molecule has 2 rings (SSSR count). The van der Waals surface area contributed by atoms with Crippen LogP contribution in [0.2, 0.25) is 0 Å². The molecule has 1 aromatic carbocycles. The zero-order valence-corrected chi connectivity index (χ0v) is 9.95. The van der Waals surface area contributed by atoms with E-state index in [2.05, 4.69) is 5.32 Å². The lowest BCUT2D eigenvalue weighted by Gasteiger charge is -2.24. The molecule has 1 aliphatic heterocycles. The van der Waals surface area contributed by atoms with E-state index in [9.17, 15) is 9.18 Å². The van der Waals surface area contributed by atoms with Crippen LogP contribution < -0.4 is 10.2 Å². The molecule has 1 N–H and O–H groups in total. The Balaban J connectivity index is 2.17. The summed E-state index contributed by atoms with van der Waals surface area (Å²) in [4.78, 5) is 13.9. The molecule has 1 fully saturated rings. The van der Waals surface area contributed by atoms with Gasteiger partial charge in [0.25, 0.3) is 0 Å². The fourth-order valence-corrected chi connectivity index (χ4v) is 2.20. The number of rotatable bonds is 3. The molecule has 1 amide bonds. The van der Waals surface area contributed by atoms with Gasteiger partial charge in [-0.3, -0.25) is 4.79 Å². The van der Waals surface area contributed by atoms with E-state index >= 15 is 0 Å². The Morgan fingerprint density at radius 3 is 3.00 bits per heavy atom. The number of anilines is 1. The van der Waals surface area contributed by atoms with Crippen LogP contribution >= 0.6 is 0 Å². The van der Waals surface area contributed by atoms with Crippen LogP contribution in [0.3, 0.4) is 0 Å². The van der Waals surface area contributed by atoms with Crippen LogP contribution in [0.4, 0.5) is 10.1 Å². The van der Waals surface area contributed by atoms with Crippen LogP contribution in [0.15, 0.2) is 24.3 Å².